The minimum Gasteiger partial charge on any atom is -0.344 e. The summed E-state index contributed by atoms with van der Waals surface area (Å²) in [7, 11) is 0. The first-order valence-electron chi connectivity index (χ1n) is 6.57. The molecule has 0 atom stereocenters. The molecule has 0 saturated carbocycles. The van der Waals surface area contributed by atoms with Crippen LogP contribution in [-0.4, -0.2) is 4.57 Å². The van der Waals surface area contributed by atoms with Crippen molar-refractivity contribution in [2.75, 3.05) is 0 Å². The van der Waals surface area contributed by atoms with E-state index in [1.807, 2.05) is 0 Å². The fourth-order valence-electron chi connectivity index (χ4n) is 3.64. The standard InChI is InChI=1S/C15H17N/c1-2-9-14-12(7-1)13-8-3-5-11-6-4-10-16(14)15(11)13/h3,5,8H,1-2,4,6-7,9-10H2. The minimum absolute atomic E-state index is 1.25. The van der Waals surface area contributed by atoms with Gasteiger partial charge in [0.15, 0.2) is 0 Å². The summed E-state index contributed by atoms with van der Waals surface area (Å²) >= 11 is 0. The molecule has 0 unspecified atom stereocenters. The third-order valence-electron chi connectivity index (χ3n) is 4.31. The zero-order valence-corrected chi connectivity index (χ0v) is 9.63. The summed E-state index contributed by atoms with van der Waals surface area (Å²) in [5, 5.41) is 1.56. The van der Waals surface area contributed by atoms with Gasteiger partial charge in [-0.1, -0.05) is 18.2 Å². The first-order valence-corrected chi connectivity index (χ1v) is 6.57. The second-order valence-electron chi connectivity index (χ2n) is 5.20. The van der Waals surface area contributed by atoms with Crippen molar-refractivity contribution in [3.8, 4) is 0 Å². The Bertz CT molecular complexity index is 562. The van der Waals surface area contributed by atoms with E-state index in [4.69, 9.17) is 0 Å². The number of aryl methyl sites for hydroxylation is 3. The maximum Gasteiger partial charge on any atom is 0.0517 e. The Balaban J connectivity index is 2.16. The smallest absolute Gasteiger partial charge is 0.0517 e. The monoisotopic (exact) mass is 211 g/mol. The summed E-state index contributed by atoms with van der Waals surface area (Å²) in [4.78, 5) is 0. The maximum atomic E-state index is 2.63. The number of hydrogen-bond acceptors (Lipinski definition) is 0. The van der Waals surface area contributed by atoms with E-state index >= 15 is 0 Å². The molecule has 2 aromatic rings. The van der Waals surface area contributed by atoms with E-state index in [1.54, 1.807) is 27.7 Å². The Morgan fingerprint density at radius 3 is 2.88 bits per heavy atom. The lowest BCUT2D eigenvalue weighted by Crippen LogP contribution is -2.12. The highest BCUT2D eigenvalue weighted by Crippen LogP contribution is 2.36. The molecule has 0 saturated heterocycles. The summed E-state index contributed by atoms with van der Waals surface area (Å²) in [5.74, 6) is 0. The Morgan fingerprint density at radius 1 is 0.938 bits per heavy atom. The molecule has 82 valence electrons. The molecule has 0 amide bonds. The molecule has 16 heavy (non-hydrogen) atoms. The van der Waals surface area contributed by atoms with Gasteiger partial charge in [0.2, 0.25) is 0 Å². The van der Waals surface area contributed by atoms with E-state index < -0.39 is 0 Å². The van der Waals surface area contributed by atoms with Gasteiger partial charge in [-0.15, -0.1) is 0 Å². The molecule has 0 fully saturated rings. The highest BCUT2D eigenvalue weighted by molar-refractivity contribution is 5.89. The largest absolute Gasteiger partial charge is 0.344 e. The normalized spacial score (nSPS) is 18.8. The molecule has 1 heteroatoms. The molecule has 0 radical (unpaired) electrons. The van der Waals surface area contributed by atoms with Crippen LogP contribution in [0.25, 0.3) is 10.9 Å². The van der Waals surface area contributed by atoms with Crippen LogP contribution in [0.5, 0.6) is 0 Å². The van der Waals surface area contributed by atoms with E-state index in [-0.39, 0.29) is 0 Å². The Kier molecular flexibility index (Phi) is 1.73. The van der Waals surface area contributed by atoms with Crippen molar-refractivity contribution < 1.29 is 0 Å². The van der Waals surface area contributed by atoms with Gasteiger partial charge in [-0.05, 0) is 49.7 Å². The molecule has 4 rings (SSSR count). The van der Waals surface area contributed by atoms with Crippen LogP contribution in [0.4, 0.5) is 0 Å². The third-order valence-corrected chi connectivity index (χ3v) is 4.31. The SMILES string of the molecule is c1cc2c3c(c1)c1c(n3CCC2)CCCC1. The van der Waals surface area contributed by atoms with E-state index in [0.29, 0.717) is 0 Å². The van der Waals surface area contributed by atoms with Gasteiger partial charge in [0.05, 0.1) is 5.52 Å². The lowest BCUT2D eigenvalue weighted by Gasteiger charge is -2.19. The molecule has 1 aromatic carbocycles. The van der Waals surface area contributed by atoms with Gasteiger partial charge in [0.1, 0.15) is 0 Å². The fraction of sp³-hybridized carbons (Fsp3) is 0.467. The molecule has 1 aromatic heterocycles. The average Bonchev–Trinajstić information content (AvgIpc) is 2.68. The molecule has 1 aliphatic heterocycles. The van der Waals surface area contributed by atoms with Crippen LogP contribution >= 0.6 is 0 Å². The van der Waals surface area contributed by atoms with Gasteiger partial charge >= 0.3 is 0 Å². The van der Waals surface area contributed by atoms with Gasteiger partial charge in [-0.2, -0.15) is 0 Å². The van der Waals surface area contributed by atoms with Crippen molar-refractivity contribution in [1.29, 1.82) is 0 Å². The van der Waals surface area contributed by atoms with Gasteiger partial charge in [0.25, 0.3) is 0 Å². The van der Waals surface area contributed by atoms with Crippen LogP contribution in [0, 0.1) is 0 Å². The van der Waals surface area contributed by atoms with Crippen molar-refractivity contribution in [3.05, 3.63) is 35.0 Å². The number of benzene rings is 1. The Labute approximate surface area is 96.1 Å². The molecule has 0 N–H and O–H groups in total. The summed E-state index contributed by atoms with van der Waals surface area (Å²) in [6.45, 7) is 1.25. The molecular weight excluding hydrogens is 194 g/mol. The number of rotatable bonds is 0. The summed E-state index contributed by atoms with van der Waals surface area (Å²) < 4.78 is 2.63. The first kappa shape index (κ1) is 8.86. The van der Waals surface area contributed by atoms with Gasteiger partial charge in [-0.25, -0.2) is 0 Å². The van der Waals surface area contributed by atoms with E-state index in [0.717, 1.165) is 0 Å². The lowest BCUT2D eigenvalue weighted by atomic mass is 9.95. The van der Waals surface area contributed by atoms with Crippen LogP contribution in [0.3, 0.4) is 0 Å². The second kappa shape index (κ2) is 3.13. The predicted molar refractivity (Wildman–Crippen MR) is 66.9 cm³/mol. The van der Waals surface area contributed by atoms with Crippen LogP contribution in [0.1, 0.15) is 36.1 Å². The first-order chi connectivity index (χ1) is 7.95. The molecule has 0 spiro atoms. The summed E-state index contributed by atoms with van der Waals surface area (Å²) in [6, 6.07) is 6.91. The molecule has 1 nitrogen and oxygen atoms in total. The molecule has 2 aliphatic rings. The average molecular weight is 211 g/mol. The number of nitrogens with zero attached hydrogens (tertiary/aromatic N) is 1. The highest BCUT2D eigenvalue weighted by atomic mass is 15.0. The van der Waals surface area contributed by atoms with Crippen molar-refractivity contribution in [3.63, 3.8) is 0 Å². The molecular formula is C15H17N. The van der Waals surface area contributed by atoms with E-state index in [2.05, 4.69) is 22.8 Å². The van der Waals surface area contributed by atoms with Crippen molar-refractivity contribution in [1.82, 2.24) is 4.57 Å². The highest BCUT2D eigenvalue weighted by Gasteiger charge is 2.23. The summed E-state index contributed by atoms with van der Waals surface area (Å²) in [6.07, 6.45) is 7.99. The van der Waals surface area contributed by atoms with E-state index in [9.17, 15) is 0 Å². The Morgan fingerprint density at radius 2 is 1.88 bits per heavy atom. The van der Waals surface area contributed by atoms with Crippen LogP contribution in [0.15, 0.2) is 18.2 Å². The quantitative estimate of drug-likeness (QED) is 0.629. The van der Waals surface area contributed by atoms with Crippen molar-refractivity contribution >= 4 is 10.9 Å². The fourth-order valence-corrected chi connectivity index (χ4v) is 3.64. The van der Waals surface area contributed by atoms with Crippen LogP contribution in [0.2, 0.25) is 0 Å². The Hall–Kier alpha value is -1.24. The van der Waals surface area contributed by atoms with Crippen LogP contribution in [-0.2, 0) is 25.8 Å². The van der Waals surface area contributed by atoms with Crippen molar-refractivity contribution in [2.45, 2.75) is 45.1 Å². The van der Waals surface area contributed by atoms with E-state index in [1.165, 1.54) is 45.1 Å². The van der Waals surface area contributed by atoms with Crippen LogP contribution < -0.4 is 0 Å². The van der Waals surface area contributed by atoms with Gasteiger partial charge in [0, 0.05) is 17.6 Å². The van der Waals surface area contributed by atoms with Gasteiger partial charge < -0.3 is 4.57 Å². The van der Waals surface area contributed by atoms with Crippen molar-refractivity contribution in [2.24, 2.45) is 0 Å². The number of hydrogen-bond donors (Lipinski definition) is 0. The molecule has 0 bridgehead atoms. The number of para-hydroxylation sites is 1. The van der Waals surface area contributed by atoms with Gasteiger partial charge in [-0.3, -0.25) is 0 Å². The maximum absolute atomic E-state index is 2.63. The predicted octanol–water partition coefficient (Wildman–Crippen LogP) is 3.47. The minimum atomic E-state index is 1.25. The number of aromatic nitrogens is 1. The summed E-state index contributed by atoms with van der Waals surface area (Å²) in [5.41, 5.74) is 6.48. The third kappa shape index (κ3) is 1.01. The second-order valence-corrected chi connectivity index (χ2v) is 5.20. The topological polar surface area (TPSA) is 4.93 Å². The lowest BCUT2D eigenvalue weighted by molar-refractivity contribution is 0.577. The number of fused-ring (bicyclic) bond motifs is 3. The zero-order chi connectivity index (χ0) is 10.5. The zero-order valence-electron chi connectivity index (χ0n) is 9.63. The molecule has 1 aliphatic carbocycles. The molecule has 2 heterocycles.